The number of ether oxygens (including phenoxy) is 1. The highest BCUT2D eigenvalue weighted by Gasteiger charge is 2.26. The average Bonchev–Trinajstić information content (AvgIpc) is 2.32. The van der Waals surface area contributed by atoms with E-state index in [-0.39, 0.29) is 11.9 Å². The summed E-state index contributed by atoms with van der Waals surface area (Å²) in [5, 5.41) is 2.83. The Bertz CT molecular complexity index is 265. The van der Waals surface area contributed by atoms with Crippen molar-refractivity contribution in [2.45, 2.75) is 57.9 Å². The molecule has 0 fully saturated rings. The fourth-order valence-corrected chi connectivity index (χ4v) is 1.71. The van der Waals surface area contributed by atoms with Crippen molar-refractivity contribution in [3.8, 4) is 0 Å². The molecule has 0 rings (SSSR count). The number of nitrogens with two attached hydrogens (primary N) is 1. The molecule has 0 aliphatic rings. The van der Waals surface area contributed by atoms with Crippen molar-refractivity contribution >= 4 is 11.9 Å². The molecule has 18 heavy (non-hydrogen) atoms. The zero-order chi connectivity index (χ0) is 14.0. The van der Waals surface area contributed by atoms with Gasteiger partial charge in [-0.2, -0.15) is 0 Å². The highest BCUT2D eigenvalue weighted by molar-refractivity contribution is 5.85. The van der Waals surface area contributed by atoms with Crippen LogP contribution in [0.1, 0.15) is 52.4 Å². The van der Waals surface area contributed by atoms with Crippen LogP contribution in [0.15, 0.2) is 0 Å². The van der Waals surface area contributed by atoms with Gasteiger partial charge in [0, 0.05) is 13.0 Å². The van der Waals surface area contributed by atoms with Crippen molar-refractivity contribution in [2.75, 3.05) is 13.7 Å². The lowest BCUT2D eigenvalue weighted by molar-refractivity contribution is -0.140. The number of esters is 1. The van der Waals surface area contributed by atoms with Crippen molar-refractivity contribution in [3.05, 3.63) is 0 Å². The van der Waals surface area contributed by atoms with Crippen molar-refractivity contribution < 1.29 is 14.3 Å². The quantitative estimate of drug-likeness (QED) is 0.483. The summed E-state index contributed by atoms with van der Waals surface area (Å²) in [5.74, 6) is -0.283. The van der Waals surface area contributed by atoms with Crippen LogP contribution >= 0.6 is 0 Å². The van der Waals surface area contributed by atoms with Gasteiger partial charge in [0.2, 0.25) is 5.91 Å². The van der Waals surface area contributed by atoms with Gasteiger partial charge in [-0.3, -0.25) is 9.59 Å². The van der Waals surface area contributed by atoms with Gasteiger partial charge in [0.1, 0.15) is 0 Å². The molecule has 5 heteroatoms. The number of nitrogens with one attached hydrogen (secondary N) is 1. The van der Waals surface area contributed by atoms with E-state index >= 15 is 0 Å². The van der Waals surface area contributed by atoms with E-state index in [1.54, 1.807) is 6.92 Å². The third-order valence-corrected chi connectivity index (χ3v) is 2.86. The summed E-state index contributed by atoms with van der Waals surface area (Å²) in [6.07, 6.45) is 4.54. The van der Waals surface area contributed by atoms with E-state index < -0.39 is 5.54 Å². The van der Waals surface area contributed by atoms with Crippen molar-refractivity contribution in [1.29, 1.82) is 0 Å². The lowest BCUT2D eigenvalue weighted by Gasteiger charge is -2.22. The normalized spacial score (nSPS) is 13.8. The third kappa shape index (κ3) is 7.27. The molecule has 0 aromatic carbocycles. The van der Waals surface area contributed by atoms with Gasteiger partial charge < -0.3 is 15.8 Å². The number of carbonyl (C=O) groups excluding carboxylic acids is 2. The molecule has 0 aromatic heterocycles. The first kappa shape index (κ1) is 16.9. The Balaban J connectivity index is 3.60. The number of methoxy groups -OCH3 is 1. The number of hydrogen-bond donors (Lipinski definition) is 2. The van der Waals surface area contributed by atoms with Crippen LogP contribution < -0.4 is 11.1 Å². The van der Waals surface area contributed by atoms with Crippen LogP contribution in [0.3, 0.4) is 0 Å². The molecule has 1 amide bonds. The number of carbonyl (C=O) groups is 2. The van der Waals surface area contributed by atoms with Gasteiger partial charge in [0.15, 0.2) is 0 Å². The highest BCUT2D eigenvalue weighted by atomic mass is 16.5. The lowest BCUT2D eigenvalue weighted by Crippen LogP contribution is -2.51. The molecule has 0 saturated heterocycles. The van der Waals surface area contributed by atoms with E-state index in [0.717, 1.165) is 25.7 Å². The van der Waals surface area contributed by atoms with E-state index in [0.29, 0.717) is 19.4 Å². The number of hydrogen-bond acceptors (Lipinski definition) is 4. The first-order chi connectivity index (χ1) is 8.44. The van der Waals surface area contributed by atoms with Crippen LogP contribution in [0.25, 0.3) is 0 Å². The second-order valence-corrected chi connectivity index (χ2v) is 4.81. The summed E-state index contributed by atoms with van der Waals surface area (Å²) in [6.45, 7) is 4.37. The molecule has 3 N–H and O–H groups in total. The SMILES string of the molecule is CCCC(C)(N)C(=O)NCCCCCC(=O)OC. The molecule has 1 atom stereocenters. The monoisotopic (exact) mass is 258 g/mol. The third-order valence-electron chi connectivity index (χ3n) is 2.86. The van der Waals surface area contributed by atoms with Gasteiger partial charge in [-0.15, -0.1) is 0 Å². The molecular formula is C13H26N2O3. The highest BCUT2D eigenvalue weighted by Crippen LogP contribution is 2.08. The van der Waals surface area contributed by atoms with E-state index in [1.165, 1.54) is 7.11 Å². The smallest absolute Gasteiger partial charge is 0.305 e. The molecule has 0 heterocycles. The van der Waals surface area contributed by atoms with E-state index in [1.807, 2.05) is 6.92 Å². The molecule has 0 aromatic rings. The Labute approximate surface area is 109 Å². The molecule has 0 spiro atoms. The molecule has 0 aliphatic carbocycles. The van der Waals surface area contributed by atoms with Crippen LogP contribution in [0.4, 0.5) is 0 Å². The van der Waals surface area contributed by atoms with Gasteiger partial charge in [-0.05, 0) is 26.2 Å². The van der Waals surface area contributed by atoms with Crippen LogP contribution in [-0.4, -0.2) is 31.1 Å². The van der Waals surface area contributed by atoms with Crippen molar-refractivity contribution in [1.82, 2.24) is 5.32 Å². The second kappa shape index (κ2) is 8.91. The summed E-state index contributed by atoms with van der Waals surface area (Å²) in [6, 6.07) is 0. The predicted octanol–water partition coefficient (Wildman–Crippen LogP) is 1.35. The van der Waals surface area contributed by atoms with Crippen LogP contribution in [0.5, 0.6) is 0 Å². The van der Waals surface area contributed by atoms with E-state index in [4.69, 9.17) is 5.73 Å². The topological polar surface area (TPSA) is 81.4 Å². The molecule has 0 saturated carbocycles. The zero-order valence-corrected chi connectivity index (χ0v) is 11.8. The summed E-state index contributed by atoms with van der Waals surface area (Å²) < 4.78 is 4.54. The summed E-state index contributed by atoms with van der Waals surface area (Å²) in [7, 11) is 1.39. The largest absolute Gasteiger partial charge is 0.469 e. The van der Waals surface area contributed by atoms with Gasteiger partial charge in [0.25, 0.3) is 0 Å². The van der Waals surface area contributed by atoms with Crippen LogP contribution in [-0.2, 0) is 14.3 Å². The van der Waals surface area contributed by atoms with Crippen LogP contribution in [0, 0.1) is 0 Å². The molecular weight excluding hydrogens is 232 g/mol. The van der Waals surface area contributed by atoms with Gasteiger partial charge >= 0.3 is 5.97 Å². The average molecular weight is 258 g/mol. The Kier molecular flexibility index (Phi) is 8.37. The number of amides is 1. The minimum absolute atomic E-state index is 0.0997. The number of unbranched alkanes of at least 4 members (excludes halogenated alkanes) is 2. The Morgan fingerprint density at radius 2 is 1.94 bits per heavy atom. The standard InChI is InChI=1S/C13H26N2O3/c1-4-9-13(2,14)12(17)15-10-7-5-6-8-11(16)18-3/h4-10,14H2,1-3H3,(H,15,17). The van der Waals surface area contributed by atoms with Gasteiger partial charge in [-0.25, -0.2) is 0 Å². The predicted molar refractivity (Wildman–Crippen MR) is 71.0 cm³/mol. The molecule has 5 nitrogen and oxygen atoms in total. The lowest BCUT2D eigenvalue weighted by atomic mass is 9.96. The molecule has 106 valence electrons. The fourth-order valence-electron chi connectivity index (χ4n) is 1.71. The maximum atomic E-state index is 11.7. The number of rotatable bonds is 9. The van der Waals surface area contributed by atoms with E-state index in [2.05, 4.69) is 10.1 Å². The van der Waals surface area contributed by atoms with Gasteiger partial charge in [0.05, 0.1) is 12.6 Å². The second-order valence-electron chi connectivity index (χ2n) is 4.81. The van der Waals surface area contributed by atoms with Gasteiger partial charge in [-0.1, -0.05) is 19.8 Å². The zero-order valence-electron chi connectivity index (χ0n) is 11.8. The first-order valence-corrected chi connectivity index (χ1v) is 6.58. The maximum Gasteiger partial charge on any atom is 0.305 e. The summed E-state index contributed by atoms with van der Waals surface area (Å²) in [5.41, 5.74) is 5.12. The summed E-state index contributed by atoms with van der Waals surface area (Å²) in [4.78, 5) is 22.6. The molecule has 1 unspecified atom stereocenters. The molecule has 0 bridgehead atoms. The molecule has 0 aliphatic heterocycles. The molecule has 0 radical (unpaired) electrons. The minimum atomic E-state index is -0.777. The van der Waals surface area contributed by atoms with Crippen molar-refractivity contribution in [3.63, 3.8) is 0 Å². The van der Waals surface area contributed by atoms with Crippen molar-refractivity contribution in [2.24, 2.45) is 5.73 Å². The maximum absolute atomic E-state index is 11.7. The first-order valence-electron chi connectivity index (χ1n) is 6.58. The Morgan fingerprint density at radius 1 is 1.28 bits per heavy atom. The Morgan fingerprint density at radius 3 is 2.50 bits per heavy atom. The Hall–Kier alpha value is -1.10. The minimum Gasteiger partial charge on any atom is -0.469 e. The van der Waals surface area contributed by atoms with Crippen LogP contribution in [0.2, 0.25) is 0 Å². The summed E-state index contributed by atoms with van der Waals surface area (Å²) >= 11 is 0. The fraction of sp³-hybridized carbons (Fsp3) is 0.846. The van der Waals surface area contributed by atoms with E-state index in [9.17, 15) is 9.59 Å².